The highest BCUT2D eigenvalue weighted by atomic mass is 16.1. The Kier molecular flexibility index (Phi) is 13.3. The molecule has 0 atom stereocenters. The van der Waals surface area contributed by atoms with E-state index in [2.05, 4.69) is 57.7 Å². The van der Waals surface area contributed by atoms with Gasteiger partial charge in [-0.25, -0.2) is 4.98 Å². The highest BCUT2D eigenvalue weighted by Crippen LogP contribution is 2.23. The first-order valence-corrected chi connectivity index (χ1v) is 12.4. The molecule has 4 rings (SSSR count). The van der Waals surface area contributed by atoms with Gasteiger partial charge in [-0.1, -0.05) is 79.6 Å². The molecule has 6 heteroatoms. The third kappa shape index (κ3) is 10.7. The number of rotatable bonds is 10. The van der Waals surface area contributed by atoms with Crippen molar-refractivity contribution < 1.29 is 9.59 Å². The number of hydrogen-bond donors (Lipinski definition) is 3. The van der Waals surface area contributed by atoms with Gasteiger partial charge in [-0.2, -0.15) is 0 Å². The number of benzene rings is 3. The highest BCUT2D eigenvalue weighted by molar-refractivity contribution is 5.86. The molecule has 0 spiro atoms. The quantitative estimate of drug-likeness (QED) is 0.204. The Labute approximate surface area is 214 Å². The number of fused-ring (bicyclic) bond motifs is 1. The van der Waals surface area contributed by atoms with Crippen LogP contribution in [0.25, 0.3) is 22.0 Å². The number of imidazole rings is 1. The lowest BCUT2D eigenvalue weighted by Gasteiger charge is -2.02. The number of nitrogens with one attached hydrogen (secondary N) is 2. The van der Waals surface area contributed by atoms with E-state index in [0.717, 1.165) is 55.5 Å². The molecule has 0 aliphatic rings. The lowest BCUT2D eigenvalue weighted by Crippen LogP contribution is -2.13. The van der Waals surface area contributed by atoms with Gasteiger partial charge in [0.15, 0.2) is 0 Å². The minimum atomic E-state index is -0.286. The topological polar surface area (TPSA) is 101 Å². The maximum absolute atomic E-state index is 10.4. The third-order valence-electron chi connectivity index (χ3n) is 5.40. The van der Waals surface area contributed by atoms with Crippen molar-refractivity contribution in [2.45, 2.75) is 44.9 Å². The number of primary amides is 1. The number of aldehydes is 1. The van der Waals surface area contributed by atoms with Crippen molar-refractivity contribution >= 4 is 23.0 Å². The zero-order valence-corrected chi connectivity index (χ0v) is 21.4. The smallest absolute Gasteiger partial charge is 0.221 e. The van der Waals surface area contributed by atoms with Gasteiger partial charge in [-0.3, -0.25) is 4.79 Å². The van der Waals surface area contributed by atoms with Gasteiger partial charge in [0.1, 0.15) is 12.1 Å². The molecule has 4 N–H and O–H groups in total. The highest BCUT2D eigenvalue weighted by Gasteiger charge is 2.04. The van der Waals surface area contributed by atoms with Crippen LogP contribution in [0.3, 0.4) is 0 Å². The summed E-state index contributed by atoms with van der Waals surface area (Å²) in [6.45, 7) is 0. The Morgan fingerprint density at radius 3 is 2.28 bits per heavy atom. The van der Waals surface area contributed by atoms with Crippen molar-refractivity contribution in [3.05, 3.63) is 90.4 Å². The number of carbonyl (C=O) groups excluding carboxylic acids is 2. The lowest BCUT2D eigenvalue weighted by atomic mass is 10.1. The van der Waals surface area contributed by atoms with Crippen LogP contribution in [0, 0.1) is 0 Å². The van der Waals surface area contributed by atoms with Crippen molar-refractivity contribution in [1.29, 1.82) is 0 Å². The third-order valence-corrected chi connectivity index (χ3v) is 5.40. The molecule has 0 aliphatic carbocycles. The van der Waals surface area contributed by atoms with Crippen LogP contribution in [0.5, 0.6) is 0 Å². The fourth-order valence-electron chi connectivity index (χ4n) is 3.66. The molecule has 3 aromatic carbocycles. The number of aromatic nitrogens is 2. The first-order chi connectivity index (χ1) is 17.6. The van der Waals surface area contributed by atoms with Gasteiger partial charge in [0.25, 0.3) is 0 Å². The summed E-state index contributed by atoms with van der Waals surface area (Å²) in [7, 11) is 3.75. The fourth-order valence-corrected chi connectivity index (χ4v) is 3.66. The average Bonchev–Trinajstić information content (AvgIpc) is 3.36. The summed E-state index contributed by atoms with van der Waals surface area (Å²) in [5.41, 5.74) is 8.20. The summed E-state index contributed by atoms with van der Waals surface area (Å²) in [6.07, 6.45) is 9.31. The molecule has 36 heavy (non-hydrogen) atoms. The summed E-state index contributed by atoms with van der Waals surface area (Å²) in [5, 5.41) is 5.25. The number of aryl methyl sites for hydroxylation is 1. The summed E-state index contributed by atoms with van der Waals surface area (Å²) < 4.78 is 0. The average molecular weight is 487 g/mol. The van der Waals surface area contributed by atoms with E-state index < -0.39 is 0 Å². The Balaban J connectivity index is 0.000000292. The number of unbranched alkanes of at least 4 members (excludes halogenated alkanes) is 4. The minimum Gasteiger partial charge on any atom is -0.369 e. The van der Waals surface area contributed by atoms with Gasteiger partial charge >= 0.3 is 0 Å². The molecule has 0 saturated carbocycles. The molecule has 190 valence electrons. The standard InChI is InChI=1S/C20H22N2O.C8H9NO.C2H7N/c23-13-7-3-1-2-4-10-20-21-15-19(22-20)18-12-11-16-8-5-6-9-17(16)14-18;9-8(10)6-7-4-2-1-3-5-7;1-3-2/h5-6,8-9,11-15H,1-4,7,10H2,(H,21,22);1-5H,6H2,(H2,9,10);3H,1-2H3. The summed E-state index contributed by atoms with van der Waals surface area (Å²) >= 11 is 0. The maximum Gasteiger partial charge on any atom is 0.221 e. The number of amides is 1. The largest absolute Gasteiger partial charge is 0.369 e. The van der Waals surface area contributed by atoms with E-state index >= 15 is 0 Å². The Bertz CT molecular complexity index is 1170. The molecule has 0 bridgehead atoms. The molecular formula is C30H38N4O2. The monoisotopic (exact) mass is 486 g/mol. The SMILES string of the molecule is CNC.NC(=O)Cc1ccccc1.O=CCCCCCCc1ncc(-c2ccc3ccccc3c2)[nH]1. The number of nitrogens with two attached hydrogens (primary N) is 1. The van der Waals surface area contributed by atoms with Crippen LogP contribution in [0.2, 0.25) is 0 Å². The van der Waals surface area contributed by atoms with Crippen LogP contribution in [0.4, 0.5) is 0 Å². The lowest BCUT2D eigenvalue weighted by molar-refractivity contribution is -0.117. The molecule has 0 unspecified atom stereocenters. The van der Waals surface area contributed by atoms with Crippen LogP contribution in [0.1, 0.15) is 43.5 Å². The van der Waals surface area contributed by atoms with Gasteiger partial charge in [0.05, 0.1) is 18.3 Å². The number of H-pyrrole nitrogens is 1. The van der Waals surface area contributed by atoms with E-state index in [-0.39, 0.29) is 5.91 Å². The van der Waals surface area contributed by atoms with E-state index in [0.29, 0.717) is 12.8 Å². The number of nitrogens with zero attached hydrogens (tertiary/aromatic N) is 1. The molecule has 1 amide bonds. The molecule has 1 heterocycles. The second kappa shape index (κ2) is 16.8. The van der Waals surface area contributed by atoms with Gasteiger partial charge in [-0.15, -0.1) is 0 Å². The predicted molar refractivity (Wildman–Crippen MR) is 149 cm³/mol. The van der Waals surface area contributed by atoms with Crippen molar-refractivity contribution in [1.82, 2.24) is 15.3 Å². The van der Waals surface area contributed by atoms with Crippen LogP contribution in [0.15, 0.2) is 79.0 Å². The van der Waals surface area contributed by atoms with E-state index in [1.807, 2.05) is 50.6 Å². The van der Waals surface area contributed by atoms with Gasteiger partial charge in [-0.05, 0) is 49.3 Å². The zero-order valence-electron chi connectivity index (χ0n) is 21.4. The first-order valence-electron chi connectivity index (χ1n) is 12.4. The van der Waals surface area contributed by atoms with Crippen LogP contribution in [-0.2, 0) is 22.4 Å². The number of hydrogen-bond acceptors (Lipinski definition) is 4. The molecule has 0 fully saturated rings. The Morgan fingerprint density at radius 2 is 1.58 bits per heavy atom. The molecule has 6 nitrogen and oxygen atoms in total. The number of carbonyl (C=O) groups is 2. The number of aromatic amines is 1. The van der Waals surface area contributed by atoms with Crippen LogP contribution < -0.4 is 11.1 Å². The summed E-state index contributed by atoms with van der Waals surface area (Å²) in [6, 6.07) is 24.3. The molecule has 4 aromatic rings. The van der Waals surface area contributed by atoms with Crippen molar-refractivity contribution in [2.24, 2.45) is 5.73 Å². The van der Waals surface area contributed by atoms with Crippen molar-refractivity contribution in [3.63, 3.8) is 0 Å². The summed E-state index contributed by atoms with van der Waals surface area (Å²) in [4.78, 5) is 28.6. The fraction of sp³-hybridized carbons (Fsp3) is 0.300. The van der Waals surface area contributed by atoms with Crippen molar-refractivity contribution in [3.8, 4) is 11.3 Å². The first kappa shape index (κ1) is 28.5. The molecule has 1 aromatic heterocycles. The molecular weight excluding hydrogens is 448 g/mol. The molecule has 0 radical (unpaired) electrons. The van der Waals surface area contributed by atoms with Gasteiger partial charge in [0, 0.05) is 18.4 Å². The van der Waals surface area contributed by atoms with Crippen LogP contribution in [-0.4, -0.2) is 36.3 Å². The van der Waals surface area contributed by atoms with E-state index in [1.54, 1.807) is 0 Å². The molecule has 0 aliphatic heterocycles. The van der Waals surface area contributed by atoms with E-state index in [9.17, 15) is 9.59 Å². The maximum atomic E-state index is 10.4. The Hall–Kier alpha value is -3.77. The predicted octanol–water partition coefficient (Wildman–Crippen LogP) is 5.47. The van der Waals surface area contributed by atoms with Gasteiger partial charge < -0.3 is 20.8 Å². The second-order valence-electron chi connectivity index (χ2n) is 8.55. The normalized spacial score (nSPS) is 10.1. The summed E-state index contributed by atoms with van der Waals surface area (Å²) in [5.74, 6) is 0.759. The second-order valence-corrected chi connectivity index (χ2v) is 8.55. The van der Waals surface area contributed by atoms with E-state index in [4.69, 9.17) is 5.73 Å². The molecule has 0 saturated heterocycles. The van der Waals surface area contributed by atoms with Crippen molar-refractivity contribution in [2.75, 3.05) is 14.1 Å². The van der Waals surface area contributed by atoms with E-state index in [1.165, 1.54) is 16.3 Å². The minimum absolute atomic E-state index is 0.286. The van der Waals surface area contributed by atoms with Crippen LogP contribution >= 0.6 is 0 Å². The zero-order chi connectivity index (χ0) is 26.0. The Morgan fingerprint density at radius 1 is 0.917 bits per heavy atom. The van der Waals surface area contributed by atoms with Gasteiger partial charge in [0.2, 0.25) is 5.91 Å².